The number of benzene rings is 1. The fraction of sp³-hybridized carbons (Fsp3) is 0.400. The molecule has 1 aromatic rings. The predicted octanol–water partition coefficient (Wildman–Crippen LogP) is 1.48. The molecule has 0 bridgehead atoms. The number of amides is 1. The smallest absolute Gasteiger partial charge is 0.237 e. The van der Waals surface area contributed by atoms with Crippen molar-refractivity contribution in [2.45, 2.75) is 25.9 Å². The Morgan fingerprint density at radius 2 is 2.21 bits per heavy atom. The average Bonchev–Trinajstić information content (AvgIpc) is 2.44. The third kappa shape index (κ3) is 4.65. The number of hydrogen-bond donors (Lipinski definition) is 2. The number of rotatable bonds is 6. The fourth-order valence-electron chi connectivity index (χ4n) is 1.75. The number of nitrogens with one attached hydrogen (secondary N) is 2. The highest BCUT2D eigenvalue weighted by molar-refractivity contribution is 5.81. The molecule has 0 aliphatic carbocycles. The van der Waals surface area contributed by atoms with Gasteiger partial charge in [0.2, 0.25) is 5.91 Å². The van der Waals surface area contributed by atoms with E-state index in [0.29, 0.717) is 0 Å². The molecule has 1 amide bonds. The van der Waals surface area contributed by atoms with Gasteiger partial charge in [-0.05, 0) is 31.5 Å². The molecule has 2 atom stereocenters. The minimum absolute atomic E-state index is 0.0432. The van der Waals surface area contributed by atoms with Gasteiger partial charge < -0.3 is 10.1 Å². The molecular weight excluding hydrogens is 240 g/mol. The van der Waals surface area contributed by atoms with E-state index < -0.39 is 0 Å². The summed E-state index contributed by atoms with van der Waals surface area (Å²) in [6, 6.07) is 7.49. The van der Waals surface area contributed by atoms with Crippen LogP contribution in [0.15, 0.2) is 24.3 Å². The molecule has 4 nitrogen and oxygen atoms in total. The van der Waals surface area contributed by atoms with Gasteiger partial charge in [-0.1, -0.05) is 18.1 Å². The van der Waals surface area contributed by atoms with Crippen molar-refractivity contribution in [3.8, 4) is 18.1 Å². The van der Waals surface area contributed by atoms with E-state index in [-0.39, 0.29) is 24.5 Å². The summed E-state index contributed by atoms with van der Waals surface area (Å²) >= 11 is 0. The van der Waals surface area contributed by atoms with Crippen LogP contribution in [0.5, 0.6) is 5.75 Å². The Kier molecular flexibility index (Phi) is 5.91. The van der Waals surface area contributed by atoms with Gasteiger partial charge in [0.05, 0.1) is 19.7 Å². The molecule has 0 spiro atoms. The van der Waals surface area contributed by atoms with E-state index in [4.69, 9.17) is 11.2 Å². The van der Waals surface area contributed by atoms with Crippen molar-refractivity contribution < 1.29 is 9.53 Å². The first-order valence-electron chi connectivity index (χ1n) is 6.19. The Balaban J connectivity index is 2.60. The van der Waals surface area contributed by atoms with E-state index in [1.54, 1.807) is 7.11 Å². The lowest BCUT2D eigenvalue weighted by molar-refractivity contribution is -0.122. The number of ether oxygens (including phenoxy) is 1. The molecule has 102 valence electrons. The molecule has 0 saturated heterocycles. The lowest BCUT2D eigenvalue weighted by Gasteiger charge is -2.20. The standard InChI is InChI=1S/C15H20N2O2/c1-5-9-16-15(18)12(3)17-11(2)13-7-6-8-14(10-13)19-4/h1,6-8,10-12,17H,9H2,2-4H3,(H,16,18)/t11-,12?/m0/s1. The maximum atomic E-state index is 11.7. The highest BCUT2D eigenvalue weighted by atomic mass is 16.5. The van der Waals surface area contributed by atoms with Gasteiger partial charge in [0.1, 0.15) is 5.75 Å². The second-order valence-corrected chi connectivity index (χ2v) is 4.31. The average molecular weight is 260 g/mol. The summed E-state index contributed by atoms with van der Waals surface area (Å²) < 4.78 is 5.18. The maximum absolute atomic E-state index is 11.7. The second kappa shape index (κ2) is 7.45. The van der Waals surface area contributed by atoms with Crippen molar-refractivity contribution in [3.05, 3.63) is 29.8 Å². The van der Waals surface area contributed by atoms with Crippen LogP contribution < -0.4 is 15.4 Å². The molecule has 0 aromatic heterocycles. The summed E-state index contributed by atoms with van der Waals surface area (Å²) in [6.07, 6.45) is 5.10. The van der Waals surface area contributed by atoms with Crippen LogP contribution in [0.2, 0.25) is 0 Å². The molecule has 0 aliphatic heterocycles. The second-order valence-electron chi connectivity index (χ2n) is 4.31. The molecule has 2 N–H and O–H groups in total. The van der Waals surface area contributed by atoms with E-state index in [1.165, 1.54) is 0 Å². The van der Waals surface area contributed by atoms with Crippen molar-refractivity contribution >= 4 is 5.91 Å². The number of terminal acetylenes is 1. The molecule has 0 radical (unpaired) electrons. The van der Waals surface area contributed by atoms with Gasteiger partial charge in [0, 0.05) is 6.04 Å². The normalized spacial score (nSPS) is 13.2. The van der Waals surface area contributed by atoms with Gasteiger partial charge in [0.15, 0.2) is 0 Å². The molecule has 0 heterocycles. The summed E-state index contributed by atoms with van der Waals surface area (Å²) in [6.45, 7) is 4.06. The number of carbonyl (C=O) groups is 1. The minimum atomic E-state index is -0.311. The molecule has 4 heteroatoms. The Labute approximate surface area is 114 Å². The number of hydrogen-bond acceptors (Lipinski definition) is 3. The molecule has 1 rings (SSSR count). The van der Waals surface area contributed by atoms with E-state index >= 15 is 0 Å². The number of carbonyl (C=O) groups excluding carboxylic acids is 1. The number of methoxy groups -OCH3 is 1. The zero-order valence-electron chi connectivity index (χ0n) is 11.6. The molecule has 0 aliphatic rings. The molecule has 0 fully saturated rings. The van der Waals surface area contributed by atoms with Crippen LogP contribution in [0, 0.1) is 12.3 Å². The third-order valence-electron chi connectivity index (χ3n) is 2.85. The Morgan fingerprint density at radius 1 is 1.47 bits per heavy atom. The van der Waals surface area contributed by atoms with Crippen LogP contribution in [-0.4, -0.2) is 25.6 Å². The van der Waals surface area contributed by atoms with Crippen molar-refractivity contribution in [2.75, 3.05) is 13.7 Å². The molecule has 1 unspecified atom stereocenters. The third-order valence-corrected chi connectivity index (χ3v) is 2.85. The Bertz CT molecular complexity index is 465. The Hall–Kier alpha value is -1.99. The van der Waals surface area contributed by atoms with E-state index in [1.807, 2.05) is 38.1 Å². The summed E-state index contributed by atoms with van der Waals surface area (Å²) in [5.41, 5.74) is 1.07. The van der Waals surface area contributed by atoms with Crippen molar-refractivity contribution in [3.63, 3.8) is 0 Å². The van der Waals surface area contributed by atoms with Gasteiger partial charge in [0.25, 0.3) is 0 Å². The van der Waals surface area contributed by atoms with Crippen LogP contribution in [0.4, 0.5) is 0 Å². The highest BCUT2D eigenvalue weighted by Gasteiger charge is 2.15. The van der Waals surface area contributed by atoms with Crippen LogP contribution in [0.1, 0.15) is 25.5 Å². The van der Waals surface area contributed by atoms with Crippen molar-refractivity contribution in [2.24, 2.45) is 0 Å². The van der Waals surface area contributed by atoms with Gasteiger partial charge in [-0.2, -0.15) is 0 Å². The summed E-state index contributed by atoms with van der Waals surface area (Å²) in [4.78, 5) is 11.7. The van der Waals surface area contributed by atoms with Gasteiger partial charge in [-0.25, -0.2) is 0 Å². The van der Waals surface area contributed by atoms with Gasteiger partial charge in [-0.3, -0.25) is 10.1 Å². The van der Waals surface area contributed by atoms with E-state index in [0.717, 1.165) is 11.3 Å². The van der Waals surface area contributed by atoms with Crippen molar-refractivity contribution in [1.82, 2.24) is 10.6 Å². The zero-order chi connectivity index (χ0) is 14.3. The van der Waals surface area contributed by atoms with Gasteiger partial charge >= 0.3 is 0 Å². The van der Waals surface area contributed by atoms with Crippen LogP contribution in [0.25, 0.3) is 0 Å². The first-order valence-corrected chi connectivity index (χ1v) is 6.19. The van der Waals surface area contributed by atoms with E-state index in [2.05, 4.69) is 16.6 Å². The first kappa shape index (κ1) is 15.1. The molecule has 19 heavy (non-hydrogen) atoms. The molecule has 0 saturated carbocycles. The topological polar surface area (TPSA) is 50.4 Å². The zero-order valence-corrected chi connectivity index (χ0v) is 11.6. The highest BCUT2D eigenvalue weighted by Crippen LogP contribution is 2.19. The minimum Gasteiger partial charge on any atom is -0.497 e. The summed E-state index contributed by atoms with van der Waals surface area (Å²) in [5.74, 6) is 3.07. The Morgan fingerprint density at radius 3 is 2.84 bits per heavy atom. The first-order chi connectivity index (χ1) is 9.08. The molecular formula is C15H20N2O2. The predicted molar refractivity (Wildman–Crippen MR) is 75.8 cm³/mol. The largest absolute Gasteiger partial charge is 0.497 e. The van der Waals surface area contributed by atoms with Crippen LogP contribution in [0.3, 0.4) is 0 Å². The van der Waals surface area contributed by atoms with E-state index in [9.17, 15) is 4.79 Å². The SMILES string of the molecule is C#CCNC(=O)C(C)N[C@@H](C)c1cccc(OC)c1. The fourth-order valence-corrected chi connectivity index (χ4v) is 1.75. The summed E-state index contributed by atoms with van der Waals surface area (Å²) in [5, 5.41) is 5.87. The summed E-state index contributed by atoms with van der Waals surface area (Å²) in [7, 11) is 1.63. The van der Waals surface area contributed by atoms with Crippen molar-refractivity contribution in [1.29, 1.82) is 0 Å². The lowest BCUT2D eigenvalue weighted by atomic mass is 10.1. The maximum Gasteiger partial charge on any atom is 0.237 e. The van der Waals surface area contributed by atoms with Gasteiger partial charge in [-0.15, -0.1) is 6.42 Å². The quantitative estimate of drug-likeness (QED) is 0.762. The molecule has 1 aromatic carbocycles. The van der Waals surface area contributed by atoms with Crippen LogP contribution >= 0.6 is 0 Å². The monoisotopic (exact) mass is 260 g/mol. The lowest BCUT2D eigenvalue weighted by Crippen LogP contribution is -2.43. The van der Waals surface area contributed by atoms with Crippen LogP contribution in [-0.2, 0) is 4.79 Å².